The molecule has 0 saturated carbocycles. The van der Waals surface area contributed by atoms with Crippen molar-refractivity contribution in [1.29, 1.82) is 5.26 Å². The van der Waals surface area contributed by atoms with Gasteiger partial charge in [0.25, 0.3) is 0 Å². The number of nitrogens with zero attached hydrogens (tertiary/aromatic N) is 3. The Kier molecular flexibility index (Phi) is 13.2. The number of fused-ring (bicyclic) bond motifs is 9. The second kappa shape index (κ2) is 20.0. The second-order valence-electron chi connectivity index (χ2n) is 19.3. The van der Waals surface area contributed by atoms with Crippen LogP contribution in [0.15, 0.2) is 78.9 Å². The number of piperazine rings is 1. The van der Waals surface area contributed by atoms with Crippen LogP contribution in [0.1, 0.15) is 79.9 Å². The lowest BCUT2D eigenvalue weighted by Crippen LogP contribution is -2.69. The van der Waals surface area contributed by atoms with Crippen LogP contribution in [0.3, 0.4) is 0 Å². The van der Waals surface area contributed by atoms with E-state index in [0.29, 0.717) is 75.6 Å². The Bertz CT molecular complexity index is 3170. The van der Waals surface area contributed by atoms with Gasteiger partial charge in [-0.05, 0) is 79.3 Å². The van der Waals surface area contributed by atoms with E-state index in [2.05, 4.69) is 21.2 Å². The largest absolute Gasteiger partial charge is 0.514 e. The van der Waals surface area contributed by atoms with E-state index in [0.717, 1.165) is 16.7 Å². The molecule has 7 aliphatic heterocycles. The molecule has 1 N–H and O–H groups in total. The number of esters is 2. The number of carbonyl (C=O) groups is 4. The number of carbonyl (C=O) groups excluding carboxylic acids is 4. The first-order chi connectivity index (χ1) is 36.3. The Balaban J connectivity index is 1.06. The third-order valence-corrected chi connectivity index (χ3v) is 16.7. The zero-order valence-corrected chi connectivity index (χ0v) is 42.9. The summed E-state index contributed by atoms with van der Waals surface area (Å²) in [4.78, 5) is 60.0. The number of hydrogen-bond donors (Lipinski definition) is 1. The average Bonchev–Trinajstić information content (AvgIpc) is 3.91. The Hall–Kier alpha value is -7.50. The highest BCUT2D eigenvalue weighted by atomic mass is 32.2. The molecule has 7 heterocycles. The summed E-state index contributed by atoms with van der Waals surface area (Å²) in [5, 5.41) is 14.3. The molecule has 12 rings (SSSR count). The molecule has 19 heteroatoms. The summed E-state index contributed by atoms with van der Waals surface area (Å²) in [5.74, 6) is 0.728. The van der Waals surface area contributed by atoms with E-state index in [1.54, 1.807) is 12.1 Å². The SMILES string of the molecule is COc1cc2c(cc1OC(=O)OCc1ccccc1)CCN[C@]21CS[C@@H]2c3c(OC(C)=O)c(C)c4c(c3[C@H](COC1=O)N1C2[C@H]2c3c(cc(C)c(OC)c3OC(=O)OCc3ccccc3)C[C@@H]([C@@H]1C#N)N2C)OCO4. The summed E-state index contributed by atoms with van der Waals surface area (Å²) >= 11 is 1.42. The van der Waals surface area contributed by atoms with Crippen molar-refractivity contribution in [2.45, 2.75) is 87.8 Å². The number of likely N-dealkylation sites (N-methyl/N-ethyl adjacent to an activating group) is 1. The van der Waals surface area contributed by atoms with Crippen LogP contribution in [0.2, 0.25) is 0 Å². The van der Waals surface area contributed by atoms with Crippen molar-refractivity contribution in [3.05, 3.63) is 134 Å². The zero-order chi connectivity index (χ0) is 52.3. The Morgan fingerprint density at radius 1 is 0.813 bits per heavy atom. The lowest BCUT2D eigenvalue weighted by Gasteiger charge is -2.62. The molecule has 18 nitrogen and oxygen atoms in total. The van der Waals surface area contributed by atoms with E-state index < -0.39 is 65.2 Å². The van der Waals surface area contributed by atoms with E-state index >= 15 is 4.79 Å². The molecule has 0 aromatic heterocycles. The third-order valence-electron chi connectivity index (χ3n) is 15.2. The molecule has 2 fully saturated rings. The smallest absolute Gasteiger partial charge is 0.493 e. The molecule has 7 aliphatic rings. The zero-order valence-electron chi connectivity index (χ0n) is 42.1. The molecule has 75 heavy (non-hydrogen) atoms. The molecule has 0 radical (unpaired) electrons. The standard InChI is InChI=1S/C56H54N4O14S/c1-29-19-35-20-37-38(23-57)60-39-26-67-53(62)56(36-22-40(65-5)41(21-34(36)17-18-58-56)73-54(63)68-24-32-13-9-7-10-14-32)27-75-52(44-43(39)50-49(70-28-71-50)30(2)48(44)72-31(3)61)46(60)45(59(37)4)42(35)51(47(29)66-6)74-55(64)69-25-33-15-11-8-12-16-33/h7-16,19,21-22,37-39,45-46,52,58H,17-18,20,24-28H2,1-6H3/t37-,38-,39-,45+,46?,52+,56+/m0/s1. The minimum absolute atomic E-state index is 0.00575. The van der Waals surface area contributed by atoms with Gasteiger partial charge in [0.1, 0.15) is 31.6 Å². The summed E-state index contributed by atoms with van der Waals surface area (Å²) in [6.45, 7) is 4.92. The highest BCUT2D eigenvalue weighted by molar-refractivity contribution is 7.99. The summed E-state index contributed by atoms with van der Waals surface area (Å²) < 4.78 is 60.5. The number of rotatable bonds is 9. The predicted octanol–water partition coefficient (Wildman–Crippen LogP) is 8.01. The van der Waals surface area contributed by atoms with Crippen LogP contribution >= 0.6 is 11.8 Å². The number of aryl methyl sites for hydroxylation is 1. The van der Waals surface area contributed by atoms with Gasteiger partial charge in [0, 0.05) is 53.6 Å². The molecule has 2 saturated heterocycles. The lowest BCUT2D eigenvalue weighted by atomic mass is 9.71. The van der Waals surface area contributed by atoms with Crippen molar-refractivity contribution in [3.63, 3.8) is 0 Å². The van der Waals surface area contributed by atoms with Crippen molar-refractivity contribution < 1.29 is 66.5 Å². The van der Waals surface area contributed by atoms with E-state index in [9.17, 15) is 19.6 Å². The molecule has 388 valence electrons. The first-order valence-corrected chi connectivity index (χ1v) is 25.7. The van der Waals surface area contributed by atoms with Crippen LogP contribution < -0.4 is 38.5 Å². The number of benzene rings is 5. The van der Waals surface area contributed by atoms with Crippen LogP contribution in [0.5, 0.6) is 40.2 Å². The van der Waals surface area contributed by atoms with Gasteiger partial charge in [0.2, 0.25) is 6.79 Å². The molecule has 1 spiro atoms. The van der Waals surface area contributed by atoms with Crippen LogP contribution in [-0.2, 0) is 55.4 Å². The molecule has 5 aromatic carbocycles. The van der Waals surface area contributed by atoms with Crippen molar-refractivity contribution in [1.82, 2.24) is 15.1 Å². The quantitative estimate of drug-likeness (QED) is 0.0643. The van der Waals surface area contributed by atoms with Crippen LogP contribution in [0.25, 0.3) is 0 Å². The lowest BCUT2D eigenvalue weighted by molar-refractivity contribution is -0.157. The Labute approximate surface area is 436 Å². The van der Waals surface area contributed by atoms with Gasteiger partial charge >= 0.3 is 24.2 Å². The van der Waals surface area contributed by atoms with Gasteiger partial charge in [-0.15, -0.1) is 11.8 Å². The second-order valence-corrected chi connectivity index (χ2v) is 20.4. The Morgan fingerprint density at radius 2 is 1.51 bits per heavy atom. The fourth-order valence-corrected chi connectivity index (χ4v) is 13.7. The molecule has 5 aromatic rings. The first kappa shape index (κ1) is 49.7. The van der Waals surface area contributed by atoms with Crippen LogP contribution in [0, 0.1) is 25.2 Å². The molecule has 4 bridgehead atoms. The molecular formula is C56H54N4O14S. The van der Waals surface area contributed by atoms with Crippen molar-refractivity contribution >= 4 is 36.0 Å². The van der Waals surface area contributed by atoms with Crippen molar-refractivity contribution in [2.75, 3.05) is 47.0 Å². The maximum atomic E-state index is 15.3. The van der Waals surface area contributed by atoms with Gasteiger partial charge in [0.15, 0.2) is 40.0 Å². The minimum atomic E-state index is -1.52. The van der Waals surface area contributed by atoms with Crippen molar-refractivity contribution in [2.24, 2.45) is 0 Å². The normalized spacial score (nSPS) is 24.0. The van der Waals surface area contributed by atoms with E-state index in [4.69, 9.17) is 47.4 Å². The van der Waals surface area contributed by atoms with Crippen LogP contribution in [-0.4, -0.2) is 99.1 Å². The number of ether oxygens (including phenoxy) is 10. The average molecular weight is 1040 g/mol. The highest BCUT2D eigenvalue weighted by Gasteiger charge is 2.62. The summed E-state index contributed by atoms with van der Waals surface area (Å²) in [6.07, 6.45) is -1.04. The number of hydrogen-bond acceptors (Lipinski definition) is 19. The van der Waals surface area contributed by atoms with Gasteiger partial charge in [-0.2, -0.15) is 5.26 Å². The molecule has 0 aliphatic carbocycles. The summed E-state index contributed by atoms with van der Waals surface area (Å²) in [7, 11) is 4.92. The summed E-state index contributed by atoms with van der Waals surface area (Å²) in [6, 6.07) is 23.2. The van der Waals surface area contributed by atoms with E-state index in [-0.39, 0.29) is 55.4 Å². The Morgan fingerprint density at radius 3 is 2.17 bits per heavy atom. The number of nitrogens with one attached hydrogen (secondary N) is 1. The van der Waals surface area contributed by atoms with E-state index in [1.807, 2.05) is 87.6 Å². The highest BCUT2D eigenvalue weighted by Crippen LogP contribution is 2.65. The van der Waals surface area contributed by atoms with E-state index in [1.165, 1.54) is 32.9 Å². The molecule has 0 amide bonds. The fourth-order valence-electron chi connectivity index (χ4n) is 12.0. The molecule has 1 unspecified atom stereocenters. The number of thioether (sulfide) groups is 1. The van der Waals surface area contributed by atoms with Gasteiger partial charge < -0.3 is 47.4 Å². The molecular weight excluding hydrogens is 985 g/mol. The van der Waals surface area contributed by atoms with Gasteiger partial charge in [0.05, 0.1) is 37.6 Å². The van der Waals surface area contributed by atoms with Crippen molar-refractivity contribution in [3.8, 4) is 46.3 Å². The van der Waals surface area contributed by atoms with Gasteiger partial charge in [-0.3, -0.25) is 19.9 Å². The molecule has 7 atom stereocenters. The fraction of sp³-hybridized carbons (Fsp3) is 0.375. The van der Waals surface area contributed by atoms with Gasteiger partial charge in [-0.1, -0.05) is 66.7 Å². The topological polar surface area (TPSA) is 203 Å². The first-order valence-electron chi connectivity index (χ1n) is 24.6. The van der Waals surface area contributed by atoms with Gasteiger partial charge in [-0.25, -0.2) is 14.4 Å². The predicted molar refractivity (Wildman–Crippen MR) is 269 cm³/mol. The summed E-state index contributed by atoms with van der Waals surface area (Å²) in [5.41, 5.74) is 5.23. The maximum absolute atomic E-state index is 15.3. The minimum Gasteiger partial charge on any atom is -0.493 e. The van der Waals surface area contributed by atoms with Crippen LogP contribution in [0.4, 0.5) is 9.59 Å². The number of nitriles is 1. The number of methoxy groups -OCH3 is 2. The monoisotopic (exact) mass is 1040 g/mol. The third kappa shape index (κ3) is 8.49. The maximum Gasteiger partial charge on any atom is 0.514 e.